The third kappa shape index (κ3) is 11.1. The van der Waals surface area contributed by atoms with Crippen LogP contribution in [0.3, 0.4) is 0 Å². The molecule has 2 aromatic heterocycles. The highest BCUT2D eigenvalue weighted by Gasteiger charge is 2.55. The number of cyclic esters (lactones) is 1. The maximum Gasteiger partial charge on any atom is 0.425 e. The van der Waals surface area contributed by atoms with Crippen LogP contribution >= 0.6 is 0 Å². The summed E-state index contributed by atoms with van der Waals surface area (Å²) in [5.41, 5.74) is 3.89. The molecule has 3 fully saturated rings. The first-order valence-electron chi connectivity index (χ1n) is 22.7. The zero-order valence-electron chi connectivity index (χ0n) is 39.2. The van der Waals surface area contributed by atoms with Gasteiger partial charge in [0.1, 0.15) is 23.8 Å². The lowest BCUT2D eigenvalue weighted by Gasteiger charge is -2.47. The number of hydrogen-bond donors (Lipinski definition) is 1. The van der Waals surface area contributed by atoms with Crippen molar-refractivity contribution in [3.05, 3.63) is 72.9 Å². The molecule has 17 heteroatoms. The number of ether oxygens (including phenoxy) is 6. The summed E-state index contributed by atoms with van der Waals surface area (Å²) in [6, 6.07) is 11.2. The molecule has 0 saturated carbocycles. The van der Waals surface area contributed by atoms with Crippen molar-refractivity contribution in [3.63, 3.8) is 0 Å². The molecule has 3 aromatic rings. The predicted molar refractivity (Wildman–Crippen MR) is 238 cm³/mol. The molecule has 1 amide bonds. The van der Waals surface area contributed by atoms with Crippen molar-refractivity contribution < 1.29 is 52.4 Å². The predicted octanol–water partition coefficient (Wildman–Crippen LogP) is 5.52. The Hall–Kier alpha value is -5.07. The fourth-order valence-corrected chi connectivity index (χ4v) is 9.49. The minimum absolute atomic E-state index is 0.0738. The Morgan fingerprint density at radius 3 is 2.38 bits per heavy atom. The number of carbonyl (C=O) groups excluding carboxylic acids is 5. The summed E-state index contributed by atoms with van der Waals surface area (Å²) < 4.78 is 39.8. The van der Waals surface area contributed by atoms with Crippen molar-refractivity contribution >= 4 is 29.6 Å². The molecule has 3 aliphatic rings. The number of nitrogens with zero attached hydrogens (tertiary/aromatic N) is 5. The third-order valence-electron chi connectivity index (χ3n) is 13.3. The summed E-state index contributed by atoms with van der Waals surface area (Å²) in [6.45, 7) is 13.0. The van der Waals surface area contributed by atoms with Gasteiger partial charge in [-0.25, -0.2) is 25.0 Å². The summed E-state index contributed by atoms with van der Waals surface area (Å²) in [7, 11) is 5.24. The maximum absolute atomic E-state index is 14.8. The van der Waals surface area contributed by atoms with Gasteiger partial charge in [-0.3, -0.25) is 19.4 Å². The van der Waals surface area contributed by atoms with Crippen molar-refractivity contribution in [2.75, 3.05) is 27.7 Å². The fourth-order valence-electron chi connectivity index (χ4n) is 9.49. The highest BCUT2D eigenvalue weighted by atomic mass is 16.7. The van der Waals surface area contributed by atoms with Crippen LogP contribution in [0.25, 0.3) is 11.3 Å². The van der Waals surface area contributed by atoms with E-state index in [1.807, 2.05) is 48.8 Å². The van der Waals surface area contributed by atoms with Gasteiger partial charge in [-0.1, -0.05) is 45.9 Å². The molecule has 354 valence electrons. The van der Waals surface area contributed by atoms with Crippen LogP contribution in [0.15, 0.2) is 67.4 Å². The van der Waals surface area contributed by atoms with Gasteiger partial charge in [-0.2, -0.15) is 0 Å². The number of carbonyl (C=O) groups is 5. The van der Waals surface area contributed by atoms with Crippen molar-refractivity contribution in [1.29, 1.82) is 0 Å². The molecule has 3 saturated heterocycles. The number of aromatic nitrogens is 3. The second-order valence-electron chi connectivity index (χ2n) is 18.2. The van der Waals surface area contributed by atoms with Gasteiger partial charge in [0.05, 0.1) is 41.4 Å². The average Bonchev–Trinajstić information content (AvgIpc) is 3.91. The van der Waals surface area contributed by atoms with Crippen LogP contribution in [0.1, 0.15) is 84.5 Å². The summed E-state index contributed by atoms with van der Waals surface area (Å²) in [6.07, 6.45) is 2.24. The highest BCUT2D eigenvalue weighted by Crippen LogP contribution is 2.39. The number of Topliss-reactive ketones (excluding diaryl/α,β-unsaturated/α-hetero) is 2. The Morgan fingerprint density at radius 2 is 1.72 bits per heavy atom. The van der Waals surface area contributed by atoms with Crippen molar-refractivity contribution in [2.45, 2.75) is 135 Å². The van der Waals surface area contributed by atoms with Gasteiger partial charge in [0.25, 0.3) is 0 Å². The summed E-state index contributed by atoms with van der Waals surface area (Å²) in [4.78, 5) is 81.3. The van der Waals surface area contributed by atoms with Gasteiger partial charge in [-0.15, -0.1) is 0 Å². The fraction of sp³-hybridized carbons (Fsp3) is 0.604. The molecule has 5 heterocycles. The number of nitrogens with one attached hydrogen (secondary N) is 1. The molecule has 0 spiro atoms. The van der Waals surface area contributed by atoms with Crippen LogP contribution in [-0.2, 0) is 49.3 Å². The smallest absolute Gasteiger partial charge is 0.425 e. The number of pyridine rings is 1. The lowest BCUT2D eigenvalue weighted by molar-refractivity contribution is -0.294. The van der Waals surface area contributed by atoms with Crippen molar-refractivity contribution in [2.24, 2.45) is 23.7 Å². The zero-order chi connectivity index (χ0) is 47.2. The molecule has 13 atom stereocenters. The van der Waals surface area contributed by atoms with E-state index in [0.29, 0.717) is 31.5 Å². The Kier molecular flexibility index (Phi) is 16.3. The van der Waals surface area contributed by atoms with E-state index in [2.05, 4.69) is 15.4 Å². The Balaban J connectivity index is 1.28. The number of ketones is 2. The largest absolute Gasteiger partial charge is 0.458 e. The van der Waals surface area contributed by atoms with Crippen molar-refractivity contribution in [1.82, 2.24) is 29.9 Å². The average molecular weight is 903 g/mol. The van der Waals surface area contributed by atoms with E-state index in [-0.39, 0.29) is 30.8 Å². The van der Waals surface area contributed by atoms with Crippen LogP contribution in [0, 0.1) is 23.7 Å². The summed E-state index contributed by atoms with van der Waals surface area (Å²) in [5.74, 6) is -5.90. The molecule has 65 heavy (non-hydrogen) atoms. The number of esters is 2. The maximum atomic E-state index is 14.8. The second kappa shape index (κ2) is 21.5. The third-order valence-corrected chi connectivity index (χ3v) is 13.3. The lowest BCUT2D eigenvalue weighted by Crippen LogP contribution is -2.60. The van der Waals surface area contributed by atoms with Gasteiger partial charge >= 0.3 is 18.0 Å². The number of fused-ring (bicyclic) bond motifs is 1. The first kappa shape index (κ1) is 49.4. The number of hydrazine groups is 1. The van der Waals surface area contributed by atoms with E-state index in [1.54, 1.807) is 83.7 Å². The lowest BCUT2D eigenvalue weighted by atomic mass is 9.75. The number of likely N-dealkylation sites (N-methyl/N-ethyl adjacent to an activating group) is 1. The zero-order valence-corrected chi connectivity index (χ0v) is 39.2. The summed E-state index contributed by atoms with van der Waals surface area (Å²) >= 11 is 0. The van der Waals surface area contributed by atoms with Gasteiger partial charge in [0.15, 0.2) is 24.3 Å². The minimum Gasteiger partial charge on any atom is -0.458 e. The molecular formula is C48H66N6O11. The molecule has 0 bridgehead atoms. The number of methoxy groups -OCH3 is 1. The molecule has 17 nitrogen and oxygen atoms in total. The number of rotatable bonds is 13. The first-order valence-corrected chi connectivity index (χ1v) is 22.7. The number of benzene rings is 1. The van der Waals surface area contributed by atoms with Crippen LogP contribution < -0.4 is 5.43 Å². The molecule has 1 N–H and O–H groups in total. The van der Waals surface area contributed by atoms with E-state index in [0.717, 1.165) is 11.3 Å². The number of imidazole rings is 1. The number of hydrogen-bond acceptors (Lipinski definition) is 15. The van der Waals surface area contributed by atoms with Crippen LogP contribution in [0.2, 0.25) is 0 Å². The minimum atomic E-state index is -1.35. The van der Waals surface area contributed by atoms with Crippen LogP contribution in [-0.4, -0.2) is 136 Å². The summed E-state index contributed by atoms with van der Waals surface area (Å²) in [5, 5.41) is 1.34. The topological polar surface area (TPSA) is 190 Å². The number of amides is 1. The monoisotopic (exact) mass is 902 g/mol. The SMILES string of the molecule is CC[C@H]1OC(=O)[C@H](C)C(=O)[C@H](C)[C@@H](OC2O[C@H](C)C[C@H](N(C)C)[C@H]2OC(=O)c2ccccc2)[C@](C)(OC)C[C@@H](C)C(=O)[C@H](C)[C@@H]2C1OC(=O)N2NCCCn1cnc(-c2cccnc2)c1. The molecule has 2 unspecified atom stereocenters. The molecule has 0 radical (unpaired) electrons. The normalized spacial score (nSPS) is 32.7. The van der Waals surface area contributed by atoms with Gasteiger partial charge in [0, 0.05) is 62.1 Å². The van der Waals surface area contributed by atoms with E-state index < -0.39 is 89.8 Å². The quantitative estimate of drug-likeness (QED) is 0.0977. The van der Waals surface area contributed by atoms with Gasteiger partial charge < -0.3 is 37.9 Å². The Morgan fingerprint density at radius 1 is 0.985 bits per heavy atom. The van der Waals surface area contributed by atoms with Crippen molar-refractivity contribution in [3.8, 4) is 11.3 Å². The van der Waals surface area contributed by atoms with E-state index in [4.69, 9.17) is 28.4 Å². The van der Waals surface area contributed by atoms with Crippen LogP contribution in [0.4, 0.5) is 4.79 Å². The molecule has 6 rings (SSSR count). The standard InChI is InChI=1S/C48H66N6O11/c1-11-37-42-38(54(47(59)64-42)51-21-16-22-53-26-35(50-27-53)34-19-15-20-49-25-34)30(4)39(55)28(2)24-48(7,60-10)43(31(5)40(56)32(6)44(57)62-37)65-46-41(36(52(8)9)23-29(3)61-46)63-45(58)33-17-13-12-14-18-33/h12-15,17-20,25-32,36-38,41-43,46,51H,11,16,21-24H2,1-10H3/t28-,29-,30-,31+,32-,36+,37-,38-,41-,42?,43-,46?,48-/m1/s1. The first-order chi connectivity index (χ1) is 31.0. The van der Waals surface area contributed by atoms with Gasteiger partial charge in [-0.05, 0) is 84.8 Å². The van der Waals surface area contributed by atoms with E-state index in [1.165, 1.54) is 19.0 Å². The van der Waals surface area contributed by atoms with Gasteiger partial charge in [0.2, 0.25) is 0 Å². The molecular weight excluding hydrogens is 837 g/mol. The van der Waals surface area contributed by atoms with E-state index >= 15 is 0 Å². The molecule has 3 aliphatic heterocycles. The molecule has 1 aromatic carbocycles. The Labute approximate surface area is 381 Å². The molecule has 0 aliphatic carbocycles. The highest BCUT2D eigenvalue weighted by molar-refractivity contribution is 6.00. The Bertz CT molecular complexity index is 2100. The number of aryl methyl sites for hydroxylation is 1. The van der Waals surface area contributed by atoms with Crippen LogP contribution in [0.5, 0.6) is 0 Å². The second-order valence-corrected chi connectivity index (χ2v) is 18.2. The van der Waals surface area contributed by atoms with E-state index in [9.17, 15) is 24.0 Å².